The molecule has 0 radical (unpaired) electrons. The van der Waals surface area contributed by atoms with Crippen LogP contribution in [0.3, 0.4) is 0 Å². The molecule has 1 aromatic rings. The molecule has 0 unspecified atom stereocenters. The molecule has 0 saturated carbocycles. The van der Waals surface area contributed by atoms with Crippen molar-refractivity contribution in [2.75, 3.05) is 0 Å². The van der Waals surface area contributed by atoms with Crippen LogP contribution in [0.15, 0.2) is 18.2 Å². The molecule has 7 heteroatoms. The lowest BCUT2D eigenvalue weighted by atomic mass is 10.0. The molecule has 0 aliphatic heterocycles. The van der Waals surface area contributed by atoms with Gasteiger partial charge in [-0.3, -0.25) is 4.79 Å². The highest BCUT2D eigenvalue weighted by Gasteiger charge is 2.26. The van der Waals surface area contributed by atoms with Crippen LogP contribution in [0.25, 0.3) is 0 Å². The maximum Gasteiger partial charge on any atom is 0.408 e. The van der Waals surface area contributed by atoms with Gasteiger partial charge in [0.2, 0.25) is 0 Å². The van der Waals surface area contributed by atoms with Crippen molar-refractivity contribution in [1.29, 1.82) is 0 Å². The van der Waals surface area contributed by atoms with Crippen LogP contribution < -0.4 is 5.32 Å². The minimum Gasteiger partial charge on any atom is -0.481 e. The zero-order valence-electron chi connectivity index (χ0n) is 11.9. The lowest BCUT2D eigenvalue weighted by Crippen LogP contribution is -2.36. The van der Waals surface area contributed by atoms with E-state index in [2.05, 4.69) is 5.32 Å². The van der Waals surface area contributed by atoms with Gasteiger partial charge in [-0.15, -0.1) is 0 Å². The zero-order chi connectivity index (χ0) is 16.2. The second-order valence-electron chi connectivity index (χ2n) is 5.43. The third-order valence-electron chi connectivity index (χ3n) is 2.42. The average molecular weight is 301 g/mol. The lowest BCUT2D eigenvalue weighted by molar-refractivity contribution is -0.137. The Morgan fingerprint density at radius 1 is 1.29 bits per heavy atom. The van der Waals surface area contributed by atoms with Gasteiger partial charge in [-0.05, 0) is 32.9 Å². The third kappa shape index (κ3) is 5.37. The van der Waals surface area contributed by atoms with Crippen molar-refractivity contribution in [3.05, 3.63) is 35.4 Å². The number of ether oxygens (including phenoxy) is 1. The first-order valence-corrected chi connectivity index (χ1v) is 6.25. The number of carbonyl (C=O) groups excluding carboxylic acids is 1. The SMILES string of the molecule is CC(C)(C)OC(=O)N[C@H](CC(=O)O)c1c(F)cccc1F. The Labute approximate surface area is 120 Å². The van der Waals surface area contributed by atoms with Gasteiger partial charge in [0.1, 0.15) is 17.2 Å². The molecule has 21 heavy (non-hydrogen) atoms. The first-order chi connectivity index (χ1) is 9.60. The van der Waals surface area contributed by atoms with Crippen LogP contribution in [0, 0.1) is 11.6 Å². The van der Waals surface area contributed by atoms with E-state index < -0.39 is 47.3 Å². The maximum atomic E-state index is 13.7. The molecule has 0 spiro atoms. The normalized spacial score (nSPS) is 12.6. The highest BCUT2D eigenvalue weighted by atomic mass is 19.1. The van der Waals surface area contributed by atoms with E-state index in [4.69, 9.17) is 9.84 Å². The Kier molecular flexibility index (Phi) is 5.23. The van der Waals surface area contributed by atoms with E-state index in [-0.39, 0.29) is 0 Å². The first kappa shape index (κ1) is 16.9. The van der Waals surface area contributed by atoms with Crippen LogP contribution in [0.1, 0.15) is 38.8 Å². The molecule has 0 aromatic heterocycles. The standard InChI is InChI=1S/C14H17F2NO4/c1-14(2,3)21-13(20)17-10(7-11(18)19)12-8(15)5-4-6-9(12)16/h4-6,10H,7H2,1-3H3,(H,17,20)(H,18,19)/t10-/m1/s1. The topological polar surface area (TPSA) is 75.6 Å². The summed E-state index contributed by atoms with van der Waals surface area (Å²) < 4.78 is 32.4. The Morgan fingerprint density at radius 3 is 2.24 bits per heavy atom. The minimum atomic E-state index is -1.36. The number of carboxylic acid groups (broad SMARTS) is 1. The molecule has 1 amide bonds. The van der Waals surface area contributed by atoms with Crippen molar-refractivity contribution in [3.63, 3.8) is 0 Å². The summed E-state index contributed by atoms with van der Waals surface area (Å²) in [5.41, 5.74) is -1.32. The quantitative estimate of drug-likeness (QED) is 0.896. The van der Waals surface area contributed by atoms with Crippen LogP contribution in [0.2, 0.25) is 0 Å². The van der Waals surface area contributed by atoms with Crippen LogP contribution >= 0.6 is 0 Å². The predicted octanol–water partition coefficient (Wildman–Crippen LogP) is 3.01. The van der Waals surface area contributed by atoms with Crippen LogP contribution in [-0.4, -0.2) is 22.8 Å². The average Bonchev–Trinajstić information content (AvgIpc) is 2.24. The number of carbonyl (C=O) groups is 2. The first-order valence-electron chi connectivity index (χ1n) is 6.25. The highest BCUT2D eigenvalue weighted by molar-refractivity contribution is 5.72. The molecule has 0 saturated heterocycles. The van der Waals surface area contributed by atoms with E-state index >= 15 is 0 Å². The number of alkyl carbamates (subject to hydrolysis) is 1. The van der Waals surface area contributed by atoms with Crippen LogP contribution in [0.4, 0.5) is 13.6 Å². The number of benzene rings is 1. The van der Waals surface area contributed by atoms with E-state index in [9.17, 15) is 18.4 Å². The van der Waals surface area contributed by atoms with E-state index in [1.54, 1.807) is 20.8 Å². The van der Waals surface area contributed by atoms with Gasteiger partial charge in [0, 0.05) is 5.56 Å². The Morgan fingerprint density at radius 2 is 1.81 bits per heavy atom. The van der Waals surface area contributed by atoms with Crippen molar-refractivity contribution < 1.29 is 28.2 Å². The van der Waals surface area contributed by atoms with Gasteiger partial charge in [-0.25, -0.2) is 13.6 Å². The number of rotatable bonds is 4. The van der Waals surface area contributed by atoms with Crippen molar-refractivity contribution in [2.45, 2.75) is 38.8 Å². The summed E-state index contributed by atoms with van der Waals surface area (Å²) in [4.78, 5) is 22.5. The molecule has 0 heterocycles. The summed E-state index contributed by atoms with van der Waals surface area (Å²) in [6.45, 7) is 4.84. The van der Waals surface area contributed by atoms with Gasteiger partial charge in [-0.1, -0.05) is 6.07 Å². The molecule has 0 aliphatic rings. The van der Waals surface area contributed by atoms with Gasteiger partial charge < -0.3 is 15.2 Å². The highest BCUT2D eigenvalue weighted by Crippen LogP contribution is 2.24. The molecule has 1 rings (SSSR count). The zero-order valence-corrected chi connectivity index (χ0v) is 11.9. The molecule has 0 fully saturated rings. The largest absolute Gasteiger partial charge is 0.481 e. The number of hydrogen-bond acceptors (Lipinski definition) is 3. The predicted molar refractivity (Wildman–Crippen MR) is 70.7 cm³/mol. The van der Waals surface area contributed by atoms with Crippen molar-refractivity contribution in [3.8, 4) is 0 Å². The fourth-order valence-corrected chi connectivity index (χ4v) is 1.69. The third-order valence-corrected chi connectivity index (χ3v) is 2.42. The van der Waals surface area contributed by atoms with Crippen molar-refractivity contribution in [2.24, 2.45) is 0 Å². The molecule has 116 valence electrons. The van der Waals surface area contributed by atoms with Gasteiger partial charge in [0.05, 0.1) is 12.5 Å². The number of aliphatic carboxylic acids is 1. The Hall–Kier alpha value is -2.18. The van der Waals surface area contributed by atoms with E-state index in [1.165, 1.54) is 0 Å². The fourth-order valence-electron chi connectivity index (χ4n) is 1.69. The summed E-state index contributed by atoms with van der Waals surface area (Å²) >= 11 is 0. The molecular formula is C14H17F2NO4. The summed E-state index contributed by atoms with van der Waals surface area (Å²) in [5.74, 6) is -3.17. The van der Waals surface area contributed by atoms with Crippen LogP contribution in [-0.2, 0) is 9.53 Å². The monoisotopic (exact) mass is 301 g/mol. The van der Waals surface area contributed by atoms with Gasteiger partial charge >= 0.3 is 12.1 Å². The van der Waals surface area contributed by atoms with Crippen molar-refractivity contribution in [1.82, 2.24) is 5.32 Å². The minimum absolute atomic E-state index is 0.509. The summed E-state index contributed by atoms with van der Waals surface area (Å²) in [6.07, 6.45) is -1.62. The number of carboxylic acids is 1. The smallest absolute Gasteiger partial charge is 0.408 e. The number of hydrogen-bond donors (Lipinski definition) is 2. The van der Waals surface area contributed by atoms with E-state index in [0.717, 1.165) is 18.2 Å². The van der Waals surface area contributed by atoms with Gasteiger partial charge in [0.15, 0.2) is 0 Å². The van der Waals surface area contributed by atoms with E-state index in [0.29, 0.717) is 0 Å². The van der Waals surface area contributed by atoms with Crippen LogP contribution in [0.5, 0.6) is 0 Å². The summed E-state index contributed by atoms with van der Waals surface area (Å²) in [6, 6.07) is 1.77. The van der Waals surface area contributed by atoms with E-state index in [1.807, 2.05) is 0 Å². The van der Waals surface area contributed by atoms with Gasteiger partial charge in [-0.2, -0.15) is 0 Å². The molecule has 1 aromatic carbocycles. The second kappa shape index (κ2) is 6.51. The molecular weight excluding hydrogens is 284 g/mol. The van der Waals surface area contributed by atoms with Gasteiger partial charge in [0.25, 0.3) is 0 Å². The molecule has 5 nitrogen and oxygen atoms in total. The molecule has 0 bridgehead atoms. The summed E-state index contributed by atoms with van der Waals surface area (Å²) in [7, 11) is 0. The maximum absolute atomic E-state index is 13.7. The molecule has 0 aliphatic carbocycles. The molecule has 1 atom stereocenters. The lowest BCUT2D eigenvalue weighted by Gasteiger charge is -2.23. The number of nitrogens with one attached hydrogen (secondary N) is 1. The fraction of sp³-hybridized carbons (Fsp3) is 0.429. The number of halogens is 2. The number of amides is 1. The Bertz CT molecular complexity index is 520. The Balaban J connectivity index is 3.01. The van der Waals surface area contributed by atoms with Crippen molar-refractivity contribution >= 4 is 12.1 Å². The molecule has 2 N–H and O–H groups in total. The summed E-state index contributed by atoms with van der Waals surface area (Å²) in [5, 5.41) is 11.0. The second-order valence-corrected chi connectivity index (χ2v) is 5.43.